The molecule has 1 atom stereocenters. The van der Waals surface area contributed by atoms with E-state index in [-0.39, 0.29) is 17.9 Å². The van der Waals surface area contributed by atoms with E-state index < -0.39 is 5.41 Å². The molecule has 2 amide bonds. The Kier molecular flexibility index (Phi) is 5.05. The maximum absolute atomic E-state index is 13.2. The van der Waals surface area contributed by atoms with Crippen molar-refractivity contribution in [2.24, 2.45) is 5.41 Å². The first-order valence-corrected chi connectivity index (χ1v) is 9.13. The third-order valence-electron chi connectivity index (χ3n) is 4.93. The zero-order valence-corrected chi connectivity index (χ0v) is 16.0. The number of nitrogens with zero attached hydrogens (tertiary/aromatic N) is 1. The van der Waals surface area contributed by atoms with E-state index in [1.807, 2.05) is 49.4 Å². The van der Waals surface area contributed by atoms with Gasteiger partial charge in [0.15, 0.2) is 0 Å². The summed E-state index contributed by atoms with van der Waals surface area (Å²) >= 11 is 6.14. The molecule has 3 rings (SSSR count). The van der Waals surface area contributed by atoms with Crippen LogP contribution in [0.15, 0.2) is 48.5 Å². The average molecular weight is 371 g/mol. The SMILES string of the molecule is CC1Cc2ccccc2N1C(=O)C(C)(C)C(=O)NCc1ccccc1Cl. The van der Waals surface area contributed by atoms with Crippen LogP contribution in [0.4, 0.5) is 5.69 Å². The van der Waals surface area contributed by atoms with Crippen LogP contribution in [-0.4, -0.2) is 17.9 Å². The smallest absolute Gasteiger partial charge is 0.242 e. The van der Waals surface area contributed by atoms with Gasteiger partial charge in [-0.15, -0.1) is 0 Å². The summed E-state index contributed by atoms with van der Waals surface area (Å²) in [5.74, 6) is -0.495. The zero-order chi connectivity index (χ0) is 18.9. The Morgan fingerprint density at radius 1 is 1.15 bits per heavy atom. The minimum absolute atomic E-state index is 0.0375. The predicted octanol–water partition coefficient (Wildman–Crippen LogP) is 3.96. The van der Waals surface area contributed by atoms with Crippen molar-refractivity contribution in [1.29, 1.82) is 0 Å². The van der Waals surface area contributed by atoms with E-state index in [4.69, 9.17) is 11.6 Å². The van der Waals surface area contributed by atoms with Gasteiger partial charge in [0.2, 0.25) is 11.8 Å². The second-order valence-corrected chi connectivity index (χ2v) is 7.66. The normalized spacial score (nSPS) is 16.3. The molecule has 136 valence electrons. The Bertz CT molecular complexity index is 847. The van der Waals surface area contributed by atoms with Gasteiger partial charge in [0.25, 0.3) is 0 Å². The fourth-order valence-corrected chi connectivity index (χ4v) is 3.51. The second-order valence-electron chi connectivity index (χ2n) is 7.26. The van der Waals surface area contributed by atoms with Crippen molar-refractivity contribution in [3.63, 3.8) is 0 Å². The molecule has 26 heavy (non-hydrogen) atoms. The van der Waals surface area contributed by atoms with Crippen molar-refractivity contribution >= 4 is 29.1 Å². The predicted molar refractivity (Wildman–Crippen MR) is 104 cm³/mol. The van der Waals surface area contributed by atoms with E-state index in [9.17, 15) is 9.59 Å². The number of hydrogen-bond donors (Lipinski definition) is 1. The molecule has 5 heteroatoms. The van der Waals surface area contributed by atoms with E-state index >= 15 is 0 Å². The molecular weight excluding hydrogens is 348 g/mol. The van der Waals surface area contributed by atoms with Gasteiger partial charge >= 0.3 is 0 Å². The lowest BCUT2D eigenvalue weighted by Crippen LogP contribution is -2.51. The summed E-state index contributed by atoms with van der Waals surface area (Å²) in [6.45, 7) is 5.65. The third kappa shape index (κ3) is 3.34. The second kappa shape index (κ2) is 7.12. The maximum Gasteiger partial charge on any atom is 0.242 e. The summed E-state index contributed by atoms with van der Waals surface area (Å²) in [6.07, 6.45) is 0.805. The average Bonchev–Trinajstić information content (AvgIpc) is 2.95. The van der Waals surface area contributed by atoms with Gasteiger partial charge in [-0.3, -0.25) is 9.59 Å². The van der Waals surface area contributed by atoms with E-state index in [0.29, 0.717) is 11.6 Å². The molecule has 0 spiro atoms. The lowest BCUT2D eigenvalue weighted by Gasteiger charge is -2.31. The Hall–Kier alpha value is -2.33. The molecule has 0 saturated heterocycles. The molecule has 1 aliphatic rings. The van der Waals surface area contributed by atoms with Crippen molar-refractivity contribution in [2.45, 2.75) is 39.8 Å². The Morgan fingerprint density at radius 3 is 2.54 bits per heavy atom. The fourth-order valence-electron chi connectivity index (χ4n) is 3.31. The van der Waals surface area contributed by atoms with Crippen LogP contribution >= 0.6 is 11.6 Å². The number of fused-ring (bicyclic) bond motifs is 1. The minimum atomic E-state index is -1.17. The van der Waals surface area contributed by atoms with E-state index in [0.717, 1.165) is 23.2 Å². The van der Waals surface area contributed by atoms with Gasteiger partial charge in [-0.05, 0) is 50.5 Å². The highest BCUT2D eigenvalue weighted by Gasteiger charge is 2.43. The number of para-hydroxylation sites is 1. The highest BCUT2D eigenvalue weighted by Crippen LogP contribution is 2.35. The van der Waals surface area contributed by atoms with Crippen LogP contribution in [0.25, 0.3) is 0 Å². The number of carbonyl (C=O) groups is 2. The van der Waals surface area contributed by atoms with Crippen LogP contribution in [0.1, 0.15) is 31.9 Å². The zero-order valence-electron chi connectivity index (χ0n) is 15.3. The van der Waals surface area contributed by atoms with Crippen molar-refractivity contribution in [1.82, 2.24) is 5.32 Å². The van der Waals surface area contributed by atoms with Crippen molar-refractivity contribution in [3.8, 4) is 0 Å². The number of amides is 2. The number of benzene rings is 2. The molecule has 2 aromatic rings. The van der Waals surface area contributed by atoms with Gasteiger partial charge in [0, 0.05) is 23.3 Å². The fraction of sp³-hybridized carbons (Fsp3) is 0.333. The van der Waals surface area contributed by atoms with Crippen LogP contribution in [0, 0.1) is 5.41 Å². The van der Waals surface area contributed by atoms with Crippen LogP contribution in [0.5, 0.6) is 0 Å². The first-order chi connectivity index (χ1) is 12.3. The van der Waals surface area contributed by atoms with Gasteiger partial charge < -0.3 is 10.2 Å². The third-order valence-corrected chi connectivity index (χ3v) is 5.29. The standard InChI is InChI=1S/C21H23ClN2O2/c1-14-12-15-8-5-7-11-18(15)24(14)20(26)21(2,3)19(25)23-13-16-9-4-6-10-17(16)22/h4-11,14H,12-13H2,1-3H3,(H,23,25). The molecule has 4 nitrogen and oxygen atoms in total. The Balaban J connectivity index is 1.76. The Labute approximate surface area is 159 Å². The minimum Gasteiger partial charge on any atom is -0.351 e. The van der Waals surface area contributed by atoms with Crippen LogP contribution in [-0.2, 0) is 22.6 Å². The molecule has 1 heterocycles. The Morgan fingerprint density at radius 2 is 1.81 bits per heavy atom. The van der Waals surface area contributed by atoms with E-state index in [2.05, 4.69) is 5.32 Å². The summed E-state index contributed by atoms with van der Waals surface area (Å²) in [5, 5.41) is 3.45. The number of nitrogens with one attached hydrogen (secondary N) is 1. The lowest BCUT2D eigenvalue weighted by atomic mass is 9.89. The molecule has 0 radical (unpaired) electrons. The van der Waals surface area contributed by atoms with Crippen molar-refractivity contribution in [3.05, 3.63) is 64.7 Å². The molecule has 0 saturated carbocycles. The number of rotatable bonds is 4. The molecule has 2 aromatic carbocycles. The summed E-state index contributed by atoms with van der Waals surface area (Å²) in [4.78, 5) is 27.7. The van der Waals surface area contributed by atoms with Gasteiger partial charge in [-0.1, -0.05) is 48.0 Å². The van der Waals surface area contributed by atoms with Gasteiger partial charge in [0.1, 0.15) is 5.41 Å². The van der Waals surface area contributed by atoms with Crippen LogP contribution in [0.3, 0.4) is 0 Å². The van der Waals surface area contributed by atoms with Crippen LogP contribution in [0.2, 0.25) is 5.02 Å². The van der Waals surface area contributed by atoms with Crippen LogP contribution < -0.4 is 10.2 Å². The number of halogens is 1. The molecule has 1 N–H and O–H groups in total. The molecular formula is C21H23ClN2O2. The molecule has 0 aliphatic carbocycles. The van der Waals surface area contributed by atoms with Crippen molar-refractivity contribution < 1.29 is 9.59 Å². The van der Waals surface area contributed by atoms with Crippen molar-refractivity contribution in [2.75, 3.05) is 4.90 Å². The number of anilines is 1. The van der Waals surface area contributed by atoms with Gasteiger partial charge in [0.05, 0.1) is 0 Å². The van der Waals surface area contributed by atoms with E-state index in [1.54, 1.807) is 24.8 Å². The van der Waals surface area contributed by atoms with E-state index in [1.165, 1.54) is 0 Å². The first-order valence-electron chi connectivity index (χ1n) is 8.75. The first kappa shape index (κ1) is 18.5. The molecule has 0 aromatic heterocycles. The molecule has 0 bridgehead atoms. The molecule has 1 unspecified atom stereocenters. The number of carbonyl (C=O) groups excluding carboxylic acids is 2. The van der Waals surface area contributed by atoms with Gasteiger partial charge in [-0.2, -0.15) is 0 Å². The summed E-state index contributed by atoms with van der Waals surface area (Å²) in [5.41, 5.74) is 1.69. The lowest BCUT2D eigenvalue weighted by molar-refractivity contribution is -0.140. The highest BCUT2D eigenvalue weighted by molar-refractivity contribution is 6.31. The largest absolute Gasteiger partial charge is 0.351 e. The molecule has 1 aliphatic heterocycles. The summed E-state index contributed by atoms with van der Waals surface area (Å²) in [7, 11) is 0. The summed E-state index contributed by atoms with van der Waals surface area (Å²) in [6, 6.07) is 15.2. The van der Waals surface area contributed by atoms with Gasteiger partial charge in [-0.25, -0.2) is 0 Å². The maximum atomic E-state index is 13.2. The summed E-state index contributed by atoms with van der Waals surface area (Å²) < 4.78 is 0. The number of hydrogen-bond acceptors (Lipinski definition) is 2. The monoisotopic (exact) mass is 370 g/mol. The highest BCUT2D eigenvalue weighted by atomic mass is 35.5. The topological polar surface area (TPSA) is 49.4 Å². The molecule has 0 fully saturated rings. The quantitative estimate of drug-likeness (QED) is 0.828.